The van der Waals surface area contributed by atoms with Crippen molar-refractivity contribution in [1.82, 2.24) is 4.90 Å². The Kier molecular flexibility index (Phi) is 3.98. The van der Waals surface area contributed by atoms with Crippen molar-refractivity contribution < 1.29 is 9.59 Å². The number of nitrogens with zero attached hydrogens (tertiary/aromatic N) is 1. The smallest absolute Gasteiger partial charge is 0.230 e. The molecule has 80 valence electrons. The summed E-state index contributed by atoms with van der Waals surface area (Å²) < 4.78 is 0. The van der Waals surface area contributed by atoms with Crippen LogP contribution in [-0.2, 0) is 9.59 Å². The number of carbonyl (C=O) groups is 2. The molecule has 14 heavy (non-hydrogen) atoms. The van der Waals surface area contributed by atoms with Gasteiger partial charge in [-0.05, 0) is 13.8 Å². The van der Waals surface area contributed by atoms with E-state index >= 15 is 0 Å². The average molecular weight is 215 g/mol. The number of Topliss-reactive ketones (excluding diaryl/α,β-unsaturated/α-hetero) is 1. The van der Waals surface area contributed by atoms with Gasteiger partial charge in [0.2, 0.25) is 5.91 Å². The van der Waals surface area contributed by atoms with Crippen LogP contribution in [0.15, 0.2) is 0 Å². The first-order valence-electron chi connectivity index (χ1n) is 4.93. The summed E-state index contributed by atoms with van der Waals surface area (Å²) in [6.45, 7) is 6.42. The molecular formula is C10H17NO2S. The van der Waals surface area contributed by atoms with Gasteiger partial charge >= 0.3 is 0 Å². The molecule has 0 N–H and O–H groups in total. The normalized spacial score (nSPS) is 27.5. The minimum Gasteiger partial charge on any atom is -0.338 e. The summed E-state index contributed by atoms with van der Waals surface area (Å²) in [5, 5.41) is 0.472. The predicted octanol–water partition coefficient (Wildman–Crippen LogP) is 1.32. The highest BCUT2D eigenvalue weighted by Gasteiger charge is 2.28. The second-order valence-corrected chi connectivity index (χ2v) is 5.27. The first-order chi connectivity index (χ1) is 6.52. The second-order valence-electron chi connectivity index (χ2n) is 3.78. The van der Waals surface area contributed by atoms with Crippen LogP contribution in [0.4, 0.5) is 0 Å². The van der Waals surface area contributed by atoms with Crippen molar-refractivity contribution in [1.29, 1.82) is 0 Å². The molecular weight excluding hydrogens is 198 g/mol. The van der Waals surface area contributed by atoms with Crippen LogP contribution < -0.4 is 0 Å². The van der Waals surface area contributed by atoms with E-state index in [0.717, 1.165) is 12.3 Å². The number of carbonyl (C=O) groups excluding carboxylic acids is 2. The van der Waals surface area contributed by atoms with E-state index in [4.69, 9.17) is 0 Å². The maximum absolute atomic E-state index is 11.7. The van der Waals surface area contributed by atoms with Gasteiger partial charge in [0.1, 0.15) is 5.78 Å². The molecule has 0 aliphatic carbocycles. The van der Waals surface area contributed by atoms with Gasteiger partial charge in [-0.2, -0.15) is 11.8 Å². The van der Waals surface area contributed by atoms with E-state index in [1.165, 1.54) is 6.92 Å². The highest BCUT2D eigenvalue weighted by atomic mass is 32.2. The Hall–Kier alpha value is -0.510. The van der Waals surface area contributed by atoms with Gasteiger partial charge in [0.05, 0.1) is 6.42 Å². The van der Waals surface area contributed by atoms with Crippen molar-refractivity contribution in [3.63, 3.8) is 0 Å². The summed E-state index contributed by atoms with van der Waals surface area (Å²) >= 11 is 1.89. The predicted molar refractivity (Wildman–Crippen MR) is 58.4 cm³/mol. The zero-order chi connectivity index (χ0) is 10.7. The lowest BCUT2D eigenvalue weighted by atomic mass is 10.1. The van der Waals surface area contributed by atoms with Crippen molar-refractivity contribution in [3.8, 4) is 0 Å². The minimum absolute atomic E-state index is 0.0165. The van der Waals surface area contributed by atoms with Crippen LogP contribution in [0, 0.1) is 0 Å². The van der Waals surface area contributed by atoms with Crippen molar-refractivity contribution in [2.24, 2.45) is 0 Å². The van der Waals surface area contributed by atoms with Gasteiger partial charge in [-0.3, -0.25) is 9.59 Å². The summed E-state index contributed by atoms with van der Waals surface area (Å²) in [5.74, 6) is 0.917. The summed E-state index contributed by atoms with van der Waals surface area (Å²) in [5.41, 5.74) is 0. The molecule has 0 aromatic heterocycles. The second kappa shape index (κ2) is 4.82. The van der Waals surface area contributed by atoms with E-state index in [2.05, 4.69) is 13.8 Å². The van der Waals surface area contributed by atoms with E-state index < -0.39 is 0 Å². The monoisotopic (exact) mass is 215 g/mol. The Bertz CT molecular complexity index is 242. The summed E-state index contributed by atoms with van der Waals surface area (Å²) in [6.07, 6.45) is 0.0573. The van der Waals surface area contributed by atoms with Crippen molar-refractivity contribution in [3.05, 3.63) is 0 Å². The van der Waals surface area contributed by atoms with Crippen LogP contribution in [0.25, 0.3) is 0 Å². The molecule has 2 unspecified atom stereocenters. The highest BCUT2D eigenvalue weighted by Crippen LogP contribution is 2.24. The van der Waals surface area contributed by atoms with Gasteiger partial charge in [-0.1, -0.05) is 6.92 Å². The SMILES string of the molecule is CC(=O)CC(=O)N1CCSC(C)C1C. The molecule has 1 aliphatic rings. The van der Waals surface area contributed by atoms with Crippen LogP contribution in [0.1, 0.15) is 27.2 Å². The molecule has 3 nitrogen and oxygen atoms in total. The molecule has 2 atom stereocenters. The molecule has 0 spiro atoms. The molecule has 0 saturated carbocycles. The first-order valence-corrected chi connectivity index (χ1v) is 5.97. The van der Waals surface area contributed by atoms with Gasteiger partial charge < -0.3 is 4.90 Å². The van der Waals surface area contributed by atoms with Crippen LogP contribution in [-0.4, -0.2) is 40.2 Å². The molecule has 1 heterocycles. The molecule has 1 saturated heterocycles. The summed E-state index contributed by atoms with van der Waals surface area (Å²) in [4.78, 5) is 24.3. The highest BCUT2D eigenvalue weighted by molar-refractivity contribution is 8.00. The fraction of sp³-hybridized carbons (Fsp3) is 0.800. The Labute approximate surface area is 89.2 Å². The Morgan fingerprint density at radius 1 is 1.43 bits per heavy atom. The van der Waals surface area contributed by atoms with E-state index in [-0.39, 0.29) is 24.2 Å². The molecule has 1 aliphatic heterocycles. The number of hydrogen-bond donors (Lipinski definition) is 0. The summed E-state index contributed by atoms with van der Waals surface area (Å²) in [7, 11) is 0. The Morgan fingerprint density at radius 2 is 2.07 bits per heavy atom. The van der Waals surface area contributed by atoms with Crippen molar-refractivity contribution in [2.75, 3.05) is 12.3 Å². The number of thioether (sulfide) groups is 1. The van der Waals surface area contributed by atoms with Crippen LogP contribution in [0.3, 0.4) is 0 Å². The third kappa shape index (κ3) is 2.74. The minimum atomic E-state index is -0.0481. The maximum atomic E-state index is 11.7. The molecule has 0 aromatic carbocycles. The zero-order valence-corrected chi connectivity index (χ0v) is 9.76. The zero-order valence-electron chi connectivity index (χ0n) is 8.95. The number of rotatable bonds is 2. The third-order valence-electron chi connectivity index (χ3n) is 2.60. The fourth-order valence-corrected chi connectivity index (χ4v) is 2.70. The lowest BCUT2D eigenvalue weighted by Crippen LogP contribution is -2.48. The van der Waals surface area contributed by atoms with E-state index in [9.17, 15) is 9.59 Å². The quantitative estimate of drug-likeness (QED) is 0.652. The molecule has 1 fully saturated rings. The standard InChI is InChI=1S/C10H17NO2S/c1-7(12)6-10(13)11-4-5-14-9(3)8(11)2/h8-9H,4-6H2,1-3H3. The molecule has 0 bridgehead atoms. The van der Waals surface area contributed by atoms with Crippen LogP contribution >= 0.6 is 11.8 Å². The van der Waals surface area contributed by atoms with Gasteiger partial charge in [0.15, 0.2) is 0 Å². The third-order valence-corrected chi connectivity index (χ3v) is 3.94. The Balaban J connectivity index is 2.57. The Morgan fingerprint density at radius 3 is 2.64 bits per heavy atom. The maximum Gasteiger partial charge on any atom is 0.230 e. The number of hydrogen-bond acceptors (Lipinski definition) is 3. The molecule has 1 rings (SSSR count). The van der Waals surface area contributed by atoms with Gasteiger partial charge in [-0.15, -0.1) is 0 Å². The van der Waals surface area contributed by atoms with E-state index in [0.29, 0.717) is 5.25 Å². The van der Waals surface area contributed by atoms with Gasteiger partial charge in [0, 0.05) is 23.6 Å². The van der Waals surface area contributed by atoms with Crippen molar-refractivity contribution >= 4 is 23.5 Å². The van der Waals surface area contributed by atoms with Crippen molar-refractivity contribution in [2.45, 2.75) is 38.5 Å². The lowest BCUT2D eigenvalue weighted by molar-refractivity contribution is -0.136. The van der Waals surface area contributed by atoms with Gasteiger partial charge in [-0.25, -0.2) is 0 Å². The topological polar surface area (TPSA) is 37.4 Å². The lowest BCUT2D eigenvalue weighted by Gasteiger charge is -2.37. The summed E-state index contributed by atoms with van der Waals surface area (Å²) in [6, 6.07) is 0.251. The fourth-order valence-electron chi connectivity index (χ4n) is 1.60. The molecule has 1 amide bonds. The van der Waals surface area contributed by atoms with Gasteiger partial charge in [0.25, 0.3) is 0 Å². The molecule has 0 aromatic rings. The number of amides is 1. The first kappa shape index (κ1) is 11.6. The molecule has 4 heteroatoms. The van der Waals surface area contributed by atoms with E-state index in [1.54, 1.807) is 0 Å². The largest absolute Gasteiger partial charge is 0.338 e. The van der Waals surface area contributed by atoms with E-state index in [1.807, 2.05) is 16.7 Å². The molecule has 0 radical (unpaired) electrons. The van der Waals surface area contributed by atoms with Crippen LogP contribution in [0.5, 0.6) is 0 Å². The van der Waals surface area contributed by atoms with Crippen LogP contribution in [0.2, 0.25) is 0 Å². The average Bonchev–Trinajstić information content (AvgIpc) is 2.08. The number of ketones is 1.